The van der Waals surface area contributed by atoms with Gasteiger partial charge in [-0.2, -0.15) is 5.26 Å². The highest BCUT2D eigenvalue weighted by Crippen LogP contribution is 2.25. The number of H-pyrrole nitrogens is 1. The topological polar surface area (TPSA) is 39.6 Å². The maximum absolute atomic E-state index is 8.75. The summed E-state index contributed by atoms with van der Waals surface area (Å²) in [5.41, 5.74) is 5.54. The molecule has 0 atom stereocenters. The van der Waals surface area contributed by atoms with E-state index in [2.05, 4.69) is 31.0 Å². The highest BCUT2D eigenvalue weighted by Gasteiger charge is 2.06. The van der Waals surface area contributed by atoms with Crippen molar-refractivity contribution in [2.24, 2.45) is 0 Å². The smallest absolute Gasteiger partial charge is 0.0991 e. The van der Waals surface area contributed by atoms with Gasteiger partial charge >= 0.3 is 0 Å². The zero-order valence-corrected chi connectivity index (χ0v) is 9.54. The molecule has 0 amide bonds. The third kappa shape index (κ3) is 1.85. The lowest BCUT2D eigenvalue weighted by Crippen LogP contribution is -1.84. The number of aryl methyl sites for hydroxylation is 2. The van der Waals surface area contributed by atoms with E-state index in [1.165, 1.54) is 22.5 Å². The van der Waals surface area contributed by atoms with E-state index in [9.17, 15) is 0 Å². The van der Waals surface area contributed by atoms with Crippen LogP contribution in [0.1, 0.15) is 23.9 Å². The summed E-state index contributed by atoms with van der Waals surface area (Å²) in [6, 6.07) is 12.0. The molecule has 0 saturated heterocycles. The molecule has 0 fully saturated rings. The summed E-state index contributed by atoms with van der Waals surface area (Å²) < 4.78 is 0. The Morgan fingerprint density at radius 3 is 2.50 bits per heavy atom. The average Bonchev–Trinajstić information content (AvgIpc) is 2.70. The molecule has 0 aliphatic heterocycles. The van der Waals surface area contributed by atoms with Crippen LogP contribution in [-0.2, 0) is 6.42 Å². The Hall–Kier alpha value is -2.01. The monoisotopic (exact) mass is 210 g/mol. The number of nitrogens with one attached hydrogen (secondary N) is 1. The zero-order chi connectivity index (χ0) is 11.5. The molecule has 1 heterocycles. The molecule has 0 unspecified atom stereocenters. The maximum Gasteiger partial charge on any atom is 0.0991 e. The number of rotatable bonds is 2. The first kappa shape index (κ1) is 10.5. The first-order chi connectivity index (χ1) is 7.74. The van der Waals surface area contributed by atoms with Gasteiger partial charge in [-0.05, 0) is 37.1 Å². The van der Waals surface area contributed by atoms with Crippen molar-refractivity contribution in [2.75, 3.05) is 0 Å². The molecule has 1 aromatic carbocycles. The van der Waals surface area contributed by atoms with Gasteiger partial charge in [0.15, 0.2) is 0 Å². The van der Waals surface area contributed by atoms with E-state index in [4.69, 9.17) is 5.26 Å². The first-order valence-corrected chi connectivity index (χ1v) is 5.43. The summed E-state index contributed by atoms with van der Waals surface area (Å²) in [7, 11) is 0. The van der Waals surface area contributed by atoms with Crippen LogP contribution in [0.4, 0.5) is 0 Å². The Bertz CT molecular complexity index is 527. The molecular formula is C14H14N2. The van der Waals surface area contributed by atoms with Gasteiger partial charge in [-0.25, -0.2) is 0 Å². The molecule has 0 radical (unpaired) electrons. The molecule has 2 nitrogen and oxygen atoms in total. The molecule has 2 rings (SSSR count). The second-order valence-electron chi connectivity index (χ2n) is 3.89. The first-order valence-electron chi connectivity index (χ1n) is 5.43. The zero-order valence-electron chi connectivity index (χ0n) is 9.54. The molecule has 80 valence electrons. The van der Waals surface area contributed by atoms with E-state index in [1.54, 1.807) is 0 Å². The van der Waals surface area contributed by atoms with Crippen LogP contribution in [0.5, 0.6) is 0 Å². The molecule has 16 heavy (non-hydrogen) atoms. The van der Waals surface area contributed by atoms with Crippen molar-refractivity contribution in [1.29, 1.82) is 5.26 Å². The predicted molar refractivity (Wildman–Crippen MR) is 65.1 cm³/mol. The van der Waals surface area contributed by atoms with Crippen molar-refractivity contribution >= 4 is 0 Å². The number of hydrogen-bond acceptors (Lipinski definition) is 1. The minimum Gasteiger partial charge on any atom is -0.362 e. The maximum atomic E-state index is 8.75. The lowest BCUT2D eigenvalue weighted by atomic mass is 10.0. The lowest BCUT2D eigenvalue weighted by molar-refractivity contribution is 1.05. The number of nitriles is 1. The van der Waals surface area contributed by atoms with Crippen LogP contribution in [0.25, 0.3) is 11.1 Å². The van der Waals surface area contributed by atoms with E-state index >= 15 is 0 Å². The third-order valence-electron chi connectivity index (χ3n) is 2.71. The van der Waals surface area contributed by atoms with Crippen LogP contribution in [-0.4, -0.2) is 4.98 Å². The number of benzene rings is 1. The van der Waals surface area contributed by atoms with Crippen LogP contribution in [0.3, 0.4) is 0 Å². The number of aromatic nitrogens is 1. The molecule has 0 spiro atoms. The predicted octanol–water partition coefficient (Wildman–Crippen LogP) is 3.42. The second kappa shape index (κ2) is 4.24. The fourth-order valence-corrected chi connectivity index (χ4v) is 1.91. The van der Waals surface area contributed by atoms with Crippen molar-refractivity contribution in [3.63, 3.8) is 0 Å². The standard InChI is InChI=1S/C14H14N2/c1-3-14-13(8-10(2)16-14)12-6-4-11(9-15)5-7-12/h4-8,16H,3H2,1-2H3. The van der Waals surface area contributed by atoms with E-state index < -0.39 is 0 Å². The number of aromatic amines is 1. The van der Waals surface area contributed by atoms with Gasteiger partial charge in [0, 0.05) is 17.0 Å². The minimum absolute atomic E-state index is 0.703. The van der Waals surface area contributed by atoms with Gasteiger partial charge in [0.25, 0.3) is 0 Å². The largest absolute Gasteiger partial charge is 0.362 e. The molecule has 0 bridgehead atoms. The van der Waals surface area contributed by atoms with Gasteiger partial charge < -0.3 is 4.98 Å². The summed E-state index contributed by atoms with van der Waals surface area (Å²) in [5.74, 6) is 0. The Balaban J connectivity index is 2.46. The SMILES string of the molecule is CCc1[nH]c(C)cc1-c1ccc(C#N)cc1. The summed E-state index contributed by atoms with van der Waals surface area (Å²) in [5, 5.41) is 8.75. The third-order valence-corrected chi connectivity index (χ3v) is 2.71. The molecule has 0 saturated carbocycles. The van der Waals surface area contributed by atoms with E-state index in [1.807, 2.05) is 24.3 Å². The minimum atomic E-state index is 0.703. The van der Waals surface area contributed by atoms with E-state index in [-0.39, 0.29) is 0 Å². The lowest BCUT2D eigenvalue weighted by Gasteiger charge is -2.01. The van der Waals surface area contributed by atoms with Gasteiger partial charge in [-0.15, -0.1) is 0 Å². The molecule has 0 aliphatic rings. The van der Waals surface area contributed by atoms with Crippen molar-refractivity contribution in [1.82, 2.24) is 4.98 Å². The van der Waals surface area contributed by atoms with Crippen LogP contribution in [0.15, 0.2) is 30.3 Å². The van der Waals surface area contributed by atoms with Gasteiger partial charge in [-0.1, -0.05) is 19.1 Å². The van der Waals surface area contributed by atoms with Crippen molar-refractivity contribution in [2.45, 2.75) is 20.3 Å². The van der Waals surface area contributed by atoms with Crippen molar-refractivity contribution in [3.8, 4) is 17.2 Å². The Kier molecular flexibility index (Phi) is 2.78. The van der Waals surface area contributed by atoms with Crippen molar-refractivity contribution in [3.05, 3.63) is 47.3 Å². The second-order valence-corrected chi connectivity index (χ2v) is 3.89. The van der Waals surface area contributed by atoms with Gasteiger partial charge in [0.05, 0.1) is 11.6 Å². The highest BCUT2D eigenvalue weighted by molar-refractivity contribution is 5.67. The van der Waals surface area contributed by atoms with Gasteiger partial charge in [0.1, 0.15) is 0 Å². The fourth-order valence-electron chi connectivity index (χ4n) is 1.91. The Labute approximate surface area is 95.6 Å². The molecule has 2 heteroatoms. The van der Waals surface area contributed by atoms with E-state index in [0.29, 0.717) is 5.56 Å². The molecule has 1 aromatic heterocycles. The van der Waals surface area contributed by atoms with Crippen LogP contribution in [0.2, 0.25) is 0 Å². The Morgan fingerprint density at radius 2 is 1.94 bits per heavy atom. The van der Waals surface area contributed by atoms with Crippen LogP contribution in [0, 0.1) is 18.3 Å². The molecule has 1 N–H and O–H groups in total. The summed E-state index contributed by atoms with van der Waals surface area (Å²) in [6.07, 6.45) is 0.989. The van der Waals surface area contributed by atoms with Crippen LogP contribution >= 0.6 is 0 Å². The normalized spacial score (nSPS) is 10.1. The van der Waals surface area contributed by atoms with E-state index in [0.717, 1.165) is 6.42 Å². The fraction of sp³-hybridized carbons (Fsp3) is 0.214. The summed E-state index contributed by atoms with van der Waals surface area (Å²) in [4.78, 5) is 3.36. The number of hydrogen-bond donors (Lipinski definition) is 1. The Morgan fingerprint density at radius 1 is 1.25 bits per heavy atom. The van der Waals surface area contributed by atoms with Gasteiger partial charge in [0.2, 0.25) is 0 Å². The molecular weight excluding hydrogens is 196 g/mol. The molecule has 2 aromatic rings. The highest BCUT2D eigenvalue weighted by atomic mass is 14.7. The van der Waals surface area contributed by atoms with Crippen LogP contribution < -0.4 is 0 Å². The quantitative estimate of drug-likeness (QED) is 0.810. The number of nitrogens with zero attached hydrogens (tertiary/aromatic N) is 1. The van der Waals surface area contributed by atoms with Crippen molar-refractivity contribution < 1.29 is 0 Å². The summed E-state index contributed by atoms with van der Waals surface area (Å²) >= 11 is 0. The molecule has 0 aliphatic carbocycles. The average molecular weight is 210 g/mol. The summed E-state index contributed by atoms with van der Waals surface area (Å²) in [6.45, 7) is 4.20. The van der Waals surface area contributed by atoms with Gasteiger partial charge in [-0.3, -0.25) is 0 Å².